The van der Waals surface area contributed by atoms with Gasteiger partial charge in [0.05, 0.1) is 25.1 Å². The van der Waals surface area contributed by atoms with E-state index in [2.05, 4.69) is 0 Å². The number of aromatic carboxylic acids is 1. The average Bonchev–Trinajstić information content (AvgIpc) is 2.90. The quantitative estimate of drug-likeness (QED) is 0.738. The number of carbonyl (C=O) groups excluding carboxylic acids is 3. The highest BCUT2D eigenvalue weighted by Gasteiger charge is 2.44. The molecule has 0 spiro atoms. The van der Waals surface area contributed by atoms with E-state index in [1.165, 1.54) is 24.3 Å². The number of carboxylic acids is 1. The molecule has 128 valence electrons. The lowest BCUT2D eigenvalue weighted by atomic mass is 10.1. The lowest BCUT2D eigenvalue weighted by Crippen LogP contribution is -3.12. The molecule has 6 heteroatoms. The van der Waals surface area contributed by atoms with Gasteiger partial charge in [0.15, 0.2) is 6.04 Å². The third-order valence-electron chi connectivity index (χ3n) is 4.43. The van der Waals surface area contributed by atoms with Crippen molar-refractivity contribution >= 4 is 23.5 Å². The molecule has 0 radical (unpaired) electrons. The fraction of sp³-hybridized carbons (Fsp3) is 0.211. The van der Waals surface area contributed by atoms with Crippen LogP contribution >= 0.6 is 0 Å². The highest BCUT2D eigenvalue weighted by molar-refractivity contribution is 6.21. The highest BCUT2D eigenvalue weighted by atomic mass is 16.4. The second-order valence-electron chi connectivity index (χ2n) is 6.17. The smallest absolute Gasteiger partial charge is 0.292 e. The van der Waals surface area contributed by atoms with Gasteiger partial charge in [-0.25, -0.2) is 4.90 Å². The number of benzene rings is 2. The van der Waals surface area contributed by atoms with Crippen molar-refractivity contribution in [3.8, 4) is 0 Å². The number of hydrogen-bond acceptors (Lipinski definition) is 4. The van der Waals surface area contributed by atoms with Crippen LogP contribution in [0, 0.1) is 0 Å². The van der Waals surface area contributed by atoms with Crippen molar-refractivity contribution in [2.45, 2.75) is 19.0 Å². The molecule has 0 aromatic heterocycles. The lowest BCUT2D eigenvalue weighted by molar-refractivity contribution is -0.908. The molecule has 1 N–H and O–H groups in total. The fourth-order valence-corrected chi connectivity index (χ4v) is 3.08. The van der Waals surface area contributed by atoms with Crippen LogP contribution in [0.5, 0.6) is 0 Å². The van der Waals surface area contributed by atoms with E-state index in [1.807, 2.05) is 37.4 Å². The molecule has 6 nitrogen and oxygen atoms in total. The van der Waals surface area contributed by atoms with E-state index in [1.54, 1.807) is 0 Å². The van der Waals surface area contributed by atoms with Crippen molar-refractivity contribution in [1.29, 1.82) is 0 Å². The first-order valence-electron chi connectivity index (χ1n) is 8.02. The zero-order chi connectivity index (χ0) is 18.0. The Morgan fingerprint density at radius 3 is 2.36 bits per heavy atom. The van der Waals surface area contributed by atoms with E-state index in [0.717, 1.165) is 15.4 Å². The molecule has 1 unspecified atom stereocenters. The van der Waals surface area contributed by atoms with Gasteiger partial charge in [0.2, 0.25) is 5.91 Å². The molecule has 0 aliphatic carbocycles. The van der Waals surface area contributed by atoms with Gasteiger partial charge in [-0.05, 0) is 17.7 Å². The van der Waals surface area contributed by atoms with Crippen LogP contribution in [0.15, 0.2) is 54.6 Å². The molecule has 3 rings (SSSR count). The highest BCUT2D eigenvalue weighted by Crippen LogP contribution is 2.22. The first-order valence-corrected chi connectivity index (χ1v) is 8.02. The van der Waals surface area contributed by atoms with E-state index < -0.39 is 12.0 Å². The topological polar surface area (TPSA) is 81.9 Å². The summed E-state index contributed by atoms with van der Waals surface area (Å²) in [5.41, 5.74) is 1.48. The van der Waals surface area contributed by atoms with Gasteiger partial charge in [-0.15, -0.1) is 0 Å². The number of amides is 2. The number of nitrogens with one attached hydrogen (secondary N) is 1. The molecule has 0 saturated carbocycles. The minimum Gasteiger partial charge on any atom is -0.545 e. The maximum absolute atomic E-state index is 12.7. The molecule has 1 saturated heterocycles. The van der Waals surface area contributed by atoms with Gasteiger partial charge in [0.1, 0.15) is 6.54 Å². The SMILES string of the molecule is C[NH+](Cc1ccccc1)[C@@H]1CC(=O)N(c2ccc(C(=O)[O-])cc2)C1=O. The van der Waals surface area contributed by atoms with Crippen LogP contribution in [0.1, 0.15) is 22.3 Å². The summed E-state index contributed by atoms with van der Waals surface area (Å²) in [4.78, 5) is 38.0. The number of imide groups is 1. The lowest BCUT2D eigenvalue weighted by Gasteiger charge is -2.20. The van der Waals surface area contributed by atoms with E-state index in [4.69, 9.17) is 0 Å². The van der Waals surface area contributed by atoms with Gasteiger partial charge in [-0.2, -0.15) is 0 Å². The van der Waals surface area contributed by atoms with Gasteiger partial charge in [0, 0.05) is 5.56 Å². The monoisotopic (exact) mass is 338 g/mol. The van der Waals surface area contributed by atoms with Gasteiger partial charge in [-0.3, -0.25) is 9.59 Å². The first kappa shape index (κ1) is 16.9. The Labute approximate surface area is 145 Å². The van der Waals surface area contributed by atoms with Crippen molar-refractivity contribution < 1.29 is 24.4 Å². The summed E-state index contributed by atoms with van der Waals surface area (Å²) < 4.78 is 0. The van der Waals surface area contributed by atoms with Crippen molar-refractivity contribution in [1.82, 2.24) is 0 Å². The zero-order valence-corrected chi connectivity index (χ0v) is 13.8. The standard InChI is InChI=1S/C19H18N2O4/c1-20(12-13-5-3-2-4-6-13)16-11-17(22)21(18(16)23)15-9-7-14(8-10-15)19(24)25/h2-10,16H,11-12H2,1H3,(H,24,25)/t16-/m1/s1. The molecular weight excluding hydrogens is 320 g/mol. The second-order valence-corrected chi connectivity index (χ2v) is 6.17. The predicted octanol–water partition coefficient (Wildman–Crippen LogP) is -0.603. The molecule has 1 heterocycles. The molecule has 2 aromatic carbocycles. The normalized spacial score (nSPS) is 18.4. The summed E-state index contributed by atoms with van der Waals surface area (Å²) in [7, 11) is 1.89. The maximum atomic E-state index is 12.7. The maximum Gasteiger partial charge on any atom is 0.292 e. The van der Waals surface area contributed by atoms with E-state index in [0.29, 0.717) is 12.2 Å². The summed E-state index contributed by atoms with van der Waals surface area (Å²) in [6.07, 6.45) is 0.139. The predicted molar refractivity (Wildman–Crippen MR) is 88.7 cm³/mol. The van der Waals surface area contributed by atoms with Crippen LogP contribution in [0.4, 0.5) is 5.69 Å². The number of likely N-dealkylation sites (N-methyl/N-ethyl adjacent to an activating group) is 1. The second kappa shape index (κ2) is 6.86. The number of hydrogen-bond donors (Lipinski definition) is 1. The number of carboxylic acid groups (broad SMARTS) is 1. The average molecular weight is 338 g/mol. The van der Waals surface area contributed by atoms with E-state index >= 15 is 0 Å². The van der Waals surface area contributed by atoms with Crippen LogP contribution in [-0.2, 0) is 16.1 Å². The zero-order valence-electron chi connectivity index (χ0n) is 13.8. The molecule has 0 bridgehead atoms. The van der Waals surface area contributed by atoms with E-state index in [-0.39, 0.29) is 23.8 Å². The number of rotatable bonds is 5. The van der Waals surface area contributed by atoms with Crippen molar-refractivity contribution in [2.24, 2.45) is 0 Å². The van der Waals surface area contributed by atoms with Crippen LogP contribution in [0.3, 0.4) is 0 Å². The minimum absolute atomic E-state index is 0.00576. The van der Waals surface area contributed by atoms with Crippen LogP contribution in [0.25, 0.3) is 0 Å². The van der Waals surface area contributed by atoms with Gasteiger partial charge < -0.3 is 14.8 Å². The number of carbonyl (C=O) groups is 3. The Kier molecular flexibility index (Phi) is 4.63. The van der Waals surface area contributed by atoms with Crippen LogP contribution in [0.2, 0.25) is 0 Å². The number of anilines is 1. The molecule has 2 aromatic rings. The summed E-state index contributed by atoms with van der Waals surface area (Å²) in [6.45, 7) is 0.641. The minimum atomic E-state index is -1.30. The molecule has 1 aliphatic rings. The Balaban J connectivity index is 1.76. The largest absolute Gasteiger partial charge is 0.545 e. The third kappa shape index (κ3) is 3.44. The summed E-state index contributed by atoms with van der Waals surface area (Å²) >= 11 is 0. The molecule has 25 heavy (non-hydrogen) atoms. The molecular formula is C19H18N2O4. The molecule has 1 fully saturated rings. The van der Waals surface area contributed by atoms with E-state index in [9.17, 15) is 19.5 Å². The van der Waals surface area contributed by atoms with Gasteiger partial charge >= 0.3 is 0 Å². The van der Waals surface area contributed by atoms with Crippen LogP contribution < -0.4 is 14.9 Å². The number of nitrogens with zero attached hydrogens (tertiary/aromatic N) is 1. The van der Waals surface area contributed by atoms with Crippen LogP contribution in [-0.4, -0.2) is 30.9 Å². The van der Waals surface area contributed by atoms with Crippen molar-refractivity contribution in [2.75, 3.05) is 11.9 Å². The van der Waals surface area contributed by atoms with Gasteiger partial charge in [-0.1, -0.05) is 42.5 Å². The molecule has 1 aliphatic heterocycles. The molecule has 2 atom stereocenters. The fourth-order valence-electron chi connectivity index (χ4n) is 3.08. The third-order valence-corrected chi connectivity index (χ3v) is 4.43. The number of quaternary nitrogens is 1. The summed E-state index contributed by atoms with van der Waals surface area (Å²) in [5.74, 6) is -1.83. The molecule has 2 amide bonds. The summed E-state index contributed by atoms with van der Waals surface area (Å²) in [5, 5.41) is 10.8. The first-order chi connectivity index (χ1) is 12.0. The summed E-state index contributed by atoms with van der Waals surface area (Å²) in [6, 6.07) is 14.9. The Morgan fingerprint density at radius 2 is 1.76 bits per heavy atom. The van der Waals surface area contributed by atoms with Crippen molar-refractivity contribution in [3.05, 3.63) is 65.7 Å². The Morgan fingerprint density at radius 1 is 1.12 bits per heavy atom. The van der Waals surface area contributed by atoms with Gasteiger partial charge in [0.25, 0.3) is 5.91 Å². The van der Waals surface area contributed by atoms with Crippen molar-refractivity contribution in [3.63, 3.8) is 0 Å². The Bertz CT molecular complexity index is 802. The Hall–Kier alpha value is -2.99.